The van der Waals surface area contributed by atoms with Crippen LogP contribution in [0.4, 0.5) is 4.39 Å². The predicted molar refractivity (Wildman–Crippen MR) is 36.7 cm³/mol. The van der Waals surface area contributed by atoms with Gasteiger partial charge in [0.05, 0.1) is 0 Å². The largest absolute Gasteiger partial charge is 0.223 e. The number of rotatable bonds is 1. The standard InChI is InChI=1S/C5H3Cl2FN2/c6-4-2-1-3(5(7)8)9-10-4/h1-2,5H. The summed E-state index contributed by atoms with van der Waals surface area (Å²) in [6, 6.07) is 2.81. The van der Waals surface area contributed by atoms with Crippen molar-refractivity contribution in [3.8, 4) is 0 Å². The molecule has 2 nitrogen and oxygen atoms in total. The highest BCUT2D eigenvalue weighted by Gasteiger charge is 2.05. The Morgan fingerprint density at radius 3 is 2.50 bits per heavy atom. The normalized spacial score (nSPS) is 13.1. The van der Waals surface area contributed by atoms with Gasteiger partial charge in [-0.15, -0.1) is 10.2 Å². The van der Waals surface area contributed by atoms with E-state index in [1.54, 1.807) is 0 Å². The van der Waals surface area contributed by atoms with Gasteiger partial charge in [0.1, 0.15) is 5.69 Å². The lowest BCUT2D eigenvalue weighted by atomic mass is 10.4. The molecule has 0 radical (unpaired) electrons. The van der Waals surface area contributed by atoms with E-state index >= 15 is 0 Å². The Bertz CT molecular complexity index is 211. The second kappa shape index (κ2) is 3.12. The van der Waals surface area contributed by atoms with Crippen molar-refractivity contribution in [1.29, 1.82) is 0 Å². The fraction of sp³-hybridized carbons (Fsp3) is 0.200. The van der Waals surface area contributed by atoms with Crippen molar-refractivity contribution in [2.24, 2.45) is 0 Å². The van der Waals surface area contributed by atoms with Gasteiger partial charge in [-0.3, -0.25) is 0 Å². The molecule has 0 saturated heterocycles. The molecule has 0 spiro atoms. The first-order valence-corrected chi connectivity index (χ1v) is 3.29. The zero-order chi connectivity index (χ0) is 7.56. The molecule has 1 aromatic rings. The van der Waals surface area contributed by atoms with Crippen molar-refractivity contribution in [1.82, 2.24) is 10.2 Å². The molecule has 0 aromatic carbocycles. The molecule has 1 unspecified atom stereocenters. The molecule has 5 heteroatoms. The summed E-state index contributed by atoms with van der Waals surface area (Å²) in [4.78, 5) is 0. The zero-order valence-electron chi connectivity index (χ0n) is 4.76. The van der Waals surface area contributed by atoms with Gasteiger partial charge in [0.15, 0.2) is 5.15 Å². The summed E-state index contributed by atoms with van der Waals surface area (Å²) in [5.74, 6) is 0. The van der Waals surface area contributed by atoms with Gasteiger partial charge >= 0.3 is 0 Å². The third kappa shape index (κ3) is 1.78. The van der Waals surface area contributed by atoms with Crippen LogP contribution in [0.3, 0.4) is 0 Å². The van der Waals surface area contributed by atoms with Crippen LogP contribution in [0.5, 0.6) is 0 Å². The second-order valence-corrected chi connectivity index (χ2v) is 2.35. The fourth-order valence-corrected chi connectivity index (χ4v) is 0.660. The summed E-state index contributed by atoms with van der Waals surface area (Å²) in [6.45, 7) is 0. The predicted octanol–water partition coefficient (Wildman–Crippen LogP) is 2.34. The minimum Gasteiger partial charge on any atom is -0.223 e. The highest BCUT2D eigenvalue weighted by Crippen LogP contribution is 2.18. The maximum atomic E-state index is 12.2. The molecule has 0 aliphatic carbocycles. The molecular weight excluding hydrogens is 178 g/mol. The summed E-state index contributed by atoms with van der Waals surface area (Å²) in [5, 5.41) is 7.00. The minimum absolute atomic E-state index is 0.0751. The summed E-state index contributed by atoms with van der Waals surface area (Å²) in [5.41, 5.74) is -1.53. The van der Waals surface area contributed by atoms with Crippen LogP contribution in [-0.2, 0) is 0 Å². The second-order valence-electron chi connectivity index (χ2n) is 1.58. The Morgan fingerprint density at radius 1 is 1.40 bits per heavy atom. The number of hydrogen-bond acceptors (Lipinski definition) is 2. The van der Waals surface area contributed by atoms with Crippen LogP contribution >= 0.6 is 23.2 Å². The van der Waals surface area contributed by atoms with E-state index in [1.165, 1.54) is 12.1 Å². The molecule has 0 fully saturated rings. The average molecular weight is 181 g/mol. The van der Waals surface area contributed by atoms with E-state index in [9.17, 15) is 4.39 Å². The van der Waals surface area contributed by atoms with E-state index in [4.69, 9.17) is 23.2 Å². The molecule has 1 heterocycles. The quantitative estimate of drug-likeness (QED) is 0.621. The smallest absolute Gasteiger partial charge is 0.217 e. The van der Waals surface area contributed by atoms with E-state index in [0.29, 0.717) is 0 Å². The first kappa shape index (κ1) is 7.69. The van der Waals surface area contributed by atoms with Gasteiger partial charge < -0.3 is 0 Å². The lowest BCUT2D eigenvalue weighted by Crippen LogP contribution is -1.90. The Hall–Kier alpha value is -0.410. The number of alkyl halides is 2. The molecule has 0 bridgehead atoms. The zero-order valence-corrected chi connectivity index (χ0v) is 6.27. The average Bonchev–Trinajstić information content (AvgIpc) is 1.88. The van der Waals surface area contributed by atoms with Gasteiger partial charge in [0.25, 0.3) is 0 Å². The molecule has 0 aliphatic heterocycles. The van der Waals surface area contributed by atoms with Crippen LogP contribution in [0.2, 0.25) is 5.15 Å². The van der Waals surface area contributed by atoms with Crippen LogP contribution in [0, 0.1) is 0 Å². The number of nitrogens with zero attached hydrogens (tertiary/aromatic N) is 2. The molecule has 54 valence electrons. The minimum atomic E-state index is -1.61. The Morgan fingerprint density at radius 2 is 2.10 bits per heavy atom. The van der Waals surface area contributed by atoms with E-state index in [1.807, 2.05) is 0 Å². The van der Waals surface area contributed by atoms with Crippen LogP contribution in [-0.4, -0.2) is 10.2 Å². The van der Waals surface area contributed by atoms with Gasteiger partial charge in [-0.2, -0.15) is 0 Å². The van der Waals surface area contributed by atoms with Crippen molar-refractivity contribution in [3.63, 3.8) is 0 Å². The Labute approximate surface area is 67.0 Å². The van der Waals surface area contributed by atoms with Crippen molar-refractivity contribution >= 4 is 23.2 Å². The molecule has 0 amide bonds. The number of aromatic nitrogens is 2. The lowest BCUT2D eigenvalue weighted by molar-refractivity contribution is 0.448. The first-order chi connectivity index (χ1) is 4.70. The van der Waals surface area contributed by atoms with Crippen molar-refractivity contribution < 1.29 is 4.39 Å². The monoisotopic (exact) mass is 180 g/mol. The molecule has 0 saturated carbocycles. The van der Waals surface area contributed by atoms with Crippen LogP contribution < -0.4 is 0 Å². The molecule has 0 N–H and O–H groups in total. The number of hydrogen-bond donors (Lipinski definition) is 0. The summed E-state index contributed by atoms with van der Waals surface area (Å²) in [6.07, 6.45) is 0. The van der Waals surface area contributed by atoms with Crippen molar-refractivity contribution in [3.05, 3.63) is 23.0 Å². The van der Waals surface area contributed by atoms with Gasteiger partial charge in [-0.25, -0.2) is 4.39 Å². The van der Waals surface area contributed by atoms with Gasteiger partial charge in [-0.05, 0) is 12.1 Å². The highest BCUT2D eigenvalue weighted by atomic mass is 35.5. The van der Waals surface area contributed by atoms with Gasteiger partial charge in [0, 0.05) is 0 Å². The van der Waals surface area contributed by atoms with E-state index < -0.39 is 5.63 Å². The van der Waals surface area contributed by atoms with Crippen LogP contribution in [0.15, 0.2) is 12.1 Å². The summed E-state index contributed by atoms with van der Waals surface area (Å²) in [7, 11) is 0. The number of halogens is 3. The van der Waals surface area contributed by atoms with Gasteiger partial charge in [-0.1, -0.05) is 23.2 Å². The van der Waals surface area contributed by atoms with Crippen molar-refractivity contribution in [2.45, 2.75) is 5.63 Å². The van der Waals surface area contributed by atoms with E-state index in [2.05, 4.69) is 10.2 Å². The van der Waals surface area contributed by atoms with Gasteiger partial charge in [0.2, 0.25) is 5.63 Å². The summed E-state index contributed by atoms with van der Waals surface area (Å²) >= 11 is 10.4. The molecule has 1 aromatic heterocycles. The first-order valence-electron chi connectivity index (χ1n) is 2.47. The van der Waals surface area contributed by atoms with E-state index in [-0.39, 0.29) is 10.8 Å². The maximum Gasteiger partial charge on any atom is 0.217 e. The SMILES string of the molecule is FC(Cl)c1ccc(Cl)nn1. The fourth-order valence-electron chi connectivity index (χ4n) is 0.443. The third-order valence-corrected chi connectivity index (χ3v) is 1.30. The van der Waals surface area contributed by atoms with Crippen LogP contribution in [0.1, 0.15) is 11.3 Å². The Balaban J connectivity index is 2.89. The third-order valence-electron chi connectivity index (χ3n) is 0.876. The maximum absolute atomic E-state index is 12.2. The summed E-state index contributed by atoms with van der Waals surface area (Å²) < 4.78 is 12.2. The van der Waals surface area contributed by atoms with Crippen LogP contribution in [0.25, 0.3) is 0 Å². The lowest BCUT2D eigenvalue weighted by Gasteiger charge is -1.95. The molecular formula is C5H3Cl2FN2. The molecule has 1 rings (SSSR count). The highest BCUT2D eigenvalue weighted by molar-refractivity contribution is 6.29. The van der Waals surface area contributed by atoms with E-state index in [0.717, 1.165) is 0 Å². The molecule has 0 aliphatic rings. The topological polar surface area (TPSA) is 25.8 Å². The van der Waals surface area contributed by atoms with Crippen molar-refractivity contribution in [2.75, 3.05) is 0 Å². The molecule has 1 atom stereocenters. The molecule has 10 heavy (non-hydrogen) atoms. The Kier molecular flexibility index (Phi) is 2.40.